The molecule has 7 nitrogen and oxygen atoms in total. The van der Waals surface area contributed by atoms with Crippen molar-refractivity contribution in [2.45, 2.75) is 53.9 Å². The molecule has 2 aromatic rings. The highest BCUT2D eigenvalue weighted by atomic mass is 35.5. The Labute approximate surface area is 234 Å². The van der Waals surface area contributed by atoms with Crippen LogP contribution in [0.2, 0.25) is 5.02 Å². The molecule has 0 aromatic heterocycles. The Hall–Kier alpha value is -3.58. The van der Waals surface area contributed by atoms with Crippen molar-refractivity contribution >= 4 is 29.6 Å². The highest BCUT2D eigenvalue weighted by molar-refractivity contribution is 6.33. The van der Waals surface area contributed by atoms with Crippen LogP contribution in [-0.4, -0.2) is 30.3 Å². The van der Waals surface area contributed by atoms with Gasteiger partial charge in [0.05, 0.1) is 23.3 Å². The predicted octanol–water partition coefficient (Wildman–Crippen LogP) is 7.01. The summed E-state index contributed by atoms with van der Waals surface area (Å²) in [6, 6.07) is 6.25. The van der Waals surface area contributed by atoms with Crippen LogP contribution >= 0.6 is 11.6 Å². The van der Waals surface area contributed by atoms with Crippen molar-refractivity contribution in [2.75, 3.05) is 7.11 Å². The third-order valence-corrected chi connectivity index (χ3v) is 8.48. The Kier molecular flexibility index (Phi) is 9.62. The second kappa shape index (κ2) is 12.5. The van der Waals surface area contributed by atoms with Gasteiger partial charge in [0.2, 0.25) is 5.75 Å². The predicted molar refractivity (Wildman–Crippen MR) is 150 cm³/mol. The number of carbonyl (C=O) groups excluding carboxylic acids is 3. The first-order chi connectivity index (χ1) is 18.4. The third-order valence-electron chi connectivity index (χ3n) is 8.03. The van der Waals surface area contributed by atoms with Gasteiger partial charge in [-0.15, -0.1) is 0 Å². The van der Waals surface area contributed by atoms with Crippen LogP contribution in [0.1, 0.15) is 72.4 Å². The molecule has 0 spiro atoms. The summed E-state index contributed by atoms with van der Waals surface area (Å²) in [7, 11) is 1.52. The van der Waals surface area contributed by atoms with Gasteiger partial charge < -0.3 is 9.84 Å². The van der Waals surface area contributed by atoms with Gasteiger partial charge in [-0.05, 0) is 67.9 Å². The maximum atomic E-state index is 12.5. The number of rotatable bonds is 9. The number of hydrogen-bond donors (Lipinski definition) is 1. The number of halogens is 1. The largest absolute Gasteiger partial charge is 0.507 e. The average molecular weight is 555 g/mol. The van der Waals surface area contributed by atoms with Crippen molar-refractivity contribution < 1.29 is 34.0 Å². The number of ketones is 1. The van der Waals surface area contributed by atoms with Crippen molar-refractivity contribution in [1.29, 1.82) is 0 Å². The summed E-state index contributed by atoms with van der Waals surface area (Å²) >= 11 is 6.50. The monoisotopic (exact) mass is 554 g/mol. The number of methoxy groups -OCH3 is 1. The van der Waals surface area contributed by atoms with E-state index in [0.29, 0.717) is 29.9 Å². The van der Waals surface area contributed by atoms with Gasteiger partial charge in [-0.3, -0.25) is 14.5 Å². The van der Waals surface area contributed by atoms with Gasteiger partial charge in [-0.1, -0.05) is 56.2 Å². The topological polar surface area (TPSA) is 99.1 Å². The minimum Gasteiger partial charge on any atom is -0.507 e. The number of Topliss-reactive ketones (excluding diaryl/α,β-unsaturated/α-hetero) is 1. The van der Waals surface area contributed by atoms with E-state index >= 15 is 0 Å². The lowest BCUT2D eigenvalue weighted by atomic mass is 9.61. The molecular weight excluding hydrogens is 520 g/mol. The first-order valence-corrected chi connectivity index (χ1v) is 13.2. The fourth-order valence-corrected chi connectivity index (χ4v) is 5.00. The molecule has 1 aliphatic rings. The molecule has 0 radical (unpaired) electrons. The van der Waals surface area contributed by atoms with Crippen molar-refractivity contribution in [1.82, 2.24) is 0 Å². The highest BCUT2D eigenvalue weighted by Crippen LogP contribution is 2.45. The Bertz CT molecular complexity index is 1310. The van der Waals surface area contributed by atoms with Crippen molar-refractivity contribution in [3.05, 3.63) is 75.3 Å². The van der Waals surface area contributed by atoms with Gasteiger partial charge in [0.25, 0.3) is 0 Å². The van der Waals surface area contributed by atoms with E-state index in [1.54, 1.807) is 19.1 Å². The fourth-order valence-electron chi connectivity index (χ4n) is 4.75. The van der Waals surface area contributed by atoms with Gasteiger partial charge in [-0.2, -0.15) is 0 Å². The number of aldehydes is 1. The lowest BCUT2D eigenvalue weighted by molar-refractivity contribution is -0.150. The quantitative estimate of drug-likeness (QED) is 0.154. The number of phenols is 1. The molecule has 1 fully saturated rings. The van der Waals surface area contributed by atoms with Gasteiger partial charge in [-0.25, -0.2) is 9.68 Å². The number of allylic oxidation sites excluding steroid dienone is 4. The molecule has 3 unspecified atom stereocenters. The molecule has 0 bridgehead atoms. The van der Waals surface area contributed by atoms with E-state index in [4.69, 9.17) is 26.1 Å². The van der Waals surface area contributed by atoms with Crippen molar-refractivity contribution in [2.24, 2.45) is 17.3 Å². The summed E-state index contributed by atoms with van der Waals surface area (Å²) in [4.78, 5) is 47.0. The molecule has 1 N–H and O–H groups in total. The number of benzene rings is 2. The normalized spacial score (nSPS) is 21.6. The van der Waals surface area contributed by atoms with E-state index in [9.17, 15) is 19.5 Å². The van der Waals surface area contributed by atoms with Crippen LogP contribution in [0.25, 0.3) is 0 Å². The number of hydrogen-bond acceptors (Lipinski definition) is 7. The summed E-state index contributed by atoms with van der Waals surface area (Å²) in [6.07, 6.45) is 8.01. The van der Waals surface area contributed by atoms with E-state index in [-0.39, 0.29) is 56.7 Å². The summed E-state index contributed by atoms with van der Waals surface area (Å²) in [6.45, 7) is 9.71. The zero-order chi connectivity index (χ0) is 28.9. The molecular formula is C31H35ClO7. The molecule has 39 heavy (non-hydrogen) atoms. The van der Waals surface area contributed by atoms with E-state index in [1.165, 1.54) is 19.2 Å². The highest BCUT2D eigenvalue weighted by Gasteiger charge is 2.41. The van der Waals surface area contributed by atoms with Gasteiger partial charge in [0.15, 0.2) is 6.29 Å². The molecule has 1 aliphatic carbocycles. The van der Waals surface area contributed by atoms with Crippen molar-refractivity contribution in [3.8, 4) is 17.2 Å². The standard InChI is InChI=1S/C31H35ClO7/c1-18(15-16-31(5)19(2)8-14-26(34)21(31)4)7-13-24-28(35)25(17-33)20(3)27(32)29(24)38-39-30(36)22-9-11-23(37-6)12-10-22/h7,9-12,15-17,19,21,35H,8,13-14H2,1-6H3/b16-15+,18-7+. The Morgan fingerprint density at radius 3 is 2.51 bits per heavy atom. The Morgan fingerprint density at radius 2 is 1.90 bits per heavy atom. The van der Waals surface area contributed by atoms with Crippen LogP contribution in [0.15, 0.2) is 48.1 Å². The first-order valence-electron chi connectivity index (χ1n) is 12.8. The molecule has 8 heteroatoms. The van der Waals surface area contributed by atoms with E-state index in [1.807, 2.05) is 26.0 Å². The first kappa shape index (κ1) is 30.0. The number of ether oxygens (including phenoxy) is 1. The van der Waals surface area contributed by atoms with E-state index < -0.39 is 5.97 Å². The van der Waals surface area contributed by atoms with E-state index in [0.717, 1.165) is 12.0 Å². The zero-order valence-corrected chi connectivity index (χ0v) is 23.9. The van der Waals surface area contributed by atoms with Gasteiger partial charge in [0.1, 0.15) is 17.3 Å². The molecule has 1 saturated carbocycles. The molecule has 3 atom stereocenters. The molecule has 0 heterocycles. The minimum atomic E-state index is -0.774. The maximum absolute atomic E-state index is 12.5. The minimum absolute atomic E-state index is 0.0290. The molecule has 0 amide bonds. The Balaban J connectivity index is 1.88. The summed E-state index contributed by atoms with van der Waals surface area (Å²) < 4.78 is 5.09. The summed E-state index contributed by atoms with van der Waals surface area (Å²) in [5, 5.41) is 10.9. The molecule has 2 aromatic carbocycles. The summed E-state index contributed by atoms with van der Waals surface area (Å²) in [5.41, 5.74) is 1.34. The van der Waals surface area contributed by atoms with Crippen LogP contribution in [0.4, 0.5) is 0 Å². The number of carbonyl (C=O) groups is 3. The average Bonchev–Trinajstić information content (AvgIpc) is 2.93. The molecule has 0 saturated heterocycles. The van der Waals surface area contributed by atoms with Gasteiger partial charge in [0, 0.05) is 17.9 Å². The SMILES string of the molecule is COc1ccc(C(=O)OOc2c(Cl)c(C)c(C=O)c(O)c2C/C=C(C)/C=C/C2(C)C(C)CCC(=O)C2C)cc1. The second-order valence-electron chi connectivity index (χ2n) is 10.3. The number of aromatic hydroxyl groups is 1. The van der Waals surface area contributed by atoms with Crippen LogP contribution in [0, 0.1) is 24.2 Å². The third kappa shape index (κ3) is 6.36. The second-order valence-corrected chi connectivity index (χ2v) is 10.7. The molecule has 208 valence electrons. The van der Waals surface area contributed by atoms with Crippen LogP contribution in [0.3, 0.4) is 0 Å². The van der Waals surface area contributed by atoms with E-state index in [2.05, 4.69) is 19.9 Å². The lowest BCUT2D eigenvalue weighted by Crippen LogP contribution is -2.40. The summed E-state index contributed by atoms with van der Waals surface area (Å²) in [5.74, 6) is -0.0165. The van der Waals surface area contributed by atoms with Gasteiger partial charge >= 0.3 is 5.97 Å². The van der Waals surface area contributed by atoms with Crippen molar-refractivity contribution in [3.63, 3.8) is 0 Å². The van der Waals surface area contributed by atoms with Crippen LogP contribution in [-0.2, 0) is 16.1 Å². The zero-order valence-electron chi connectivity index (χ0n) is 23.2. The smallest absolute Gasteiger partial charge is 0.386 e. The Morgan fingerprint density at radius 1 is 1.23 bits per heavy atom. The molecule has 3 rings (SSSR count). The maximum Gasteiger partial charge on any atom is 0.386 e. The lowest BCUT2D eigenvalue weighted by Gasteiger charge is -2.42. The number of phenolic OH excluding ortho intramolecular Hbond substituents is 1. The molecule has 0 aliphatic heterocycles. The van der Waals surface area contributed by atoms with Crippen LogP contribution in [0.5, 0.6) is 17.2 Å². The van der Waals surface area contributed by atoms with Crippen LogP contribution < -0.4 is 9.62 Å². The fraction of sp³-hybridized carbons (Fsp3) is 0.387.